The summed E-state index contributed by atoms with van der Waals surface area (Å²) in [6.45, 7) is 9.92. The van der Waals surface area contributed by atoms with Crippen LogP contribution in [0.2, 0.25) is 0 Å². The van der Waals surface area contributed by atoms with Crippen LogP contribution in [0, 0.1) is 17.8 Å². The molecule has 6 amide bonds. The quantitative estimate of drug-likeness (QED) is 0.0630. The molecule has 0 rings (SSSR count). The fourth-order valence-electron chi connectivity index (χ4n) is 4.15. The molecule has 15 nitrogen and oxygen atoms in total. The first-order valence-corrected chi connectivity index (χ1v) is 14.9. The normalized spacial score (nSPS) is 15.4. The van der Waals surface area contributed by atoms with Gasteiger partial charge in [0, 0.05) is 0 Å². The lowest BCUT2D eigenvalue weighted by atomic mass is 9.97. The van der Waals surface area contributed by atoms with Crippen LogP contribution in [0.4, 0.5) is 0 Å². The Hall–Kier alpha value is -3.30. The van der Waals surface area contributed by atoms with Crippen molar-refractivity contribution in [2.45, 2.75) is 104 Å². The van der Waals surface area contributed by atoms with Gasteiger partial charge in [0.05, 0.1) is 19.2 Å². The van der Waals surface area contributed by atoms with Gasteiger partial charge in [0.15, 0.2) is 0 Å². The summed E-state index contributed by atoms with van der Waals surface area (Å²) in [5, 5.41) is 22.3. The van der Waals surface area contributed by atoms with Gasteiger partial charge in [-0.3, -0.25) is 28.8 Å². The number of primary amides is 1. The minimum absolute atomic E-state index is 0.139. The Morgan fingerprint density at radius 3 is 1.84 bits per heavy atom. The number of hydrogen-bond acceptors (Lipinski definition) is 9. The van der Waals surface area contributed by atoms with Crippen LogP contribution in [0.5, 0.6) is 0 Å². The van der Waals surface area contributed by atoms with E-state index < -0.39 is 78.8 Å². The van der Waals surface area contributed by atoms with Crippen LogP contribution < -0.4 is 43.8 Å². The second-order valence-corrected chi connectivity index (χ2v) is 11.6. The molecule has 43 heavy (non-hydrogen) atoms. The zero-order valence-electron chi connectivity index (χ0n) is 26.4. The molecule has 15 heteroatoms. The number of unbranched alkanes of at least 4 members (excludes halogenated alkanes) is 1. The van der Waals surface area contributed by atoms with E-state index in [1.165, 1.54) is 0 Å². The maximum absolute atomic E-state index is 13.1. The first-order valence-electron chi connectivity index (χ1n) is 14.9. The van der Waals surface area contributed by atoms with Crippen molar-refractivity contribution in [1.29, 1.82) is 0 Å². The molecule has 0 bridgehead atoms. The number of carbonyl (C=O) groups excluding carboxylic acids is 6. The summed E-state index contributed by atoms with van der Waals surface area (Å²) in [6.07, 6.45) is 2.24. The molecule has 0 saturated carbocycles. The lowest BCUT2D eigenvalue weighted by molar-refractivity contribution is -0.135. The molecule has 0 aromatic rings. The Balaban J connectivity index is 5.42. The van der Waals surface area contributed by atoms with Crippen molar-refractivity contribution in [3.8, 4) is 0 Å². The molecule has 0 spiro atoms. The van der Waals surface area contributed by atoms with E-state index in [9.17, 15) is 33.9 Å². The zero-order chi connectivity index (χ0) is 33.3. The smallest absolute Gasteiger partial charge is 0.245 e. The predicted octanol–water partition coefficient (Wildman–Crippen LogP) is -2.28. The van der Waals surface area contributed by atoms with Gasteiger partial charge in [-0.25, -0.2) is 0 Å². The molecule has 0 saturated heterocycles. The minimum atomic E-state index is -1.34. The molecule has 0 unspecified atom stereocenters. The molecule has 0 aliphatic heterocycles. The van der Waals surface area contributed by atoms with Crippen LogP contribution in [0.1, 0.15) is 73.6 Å². The first-order chi connectivity index (χ1) is 20.1. The molecule has 0 aromatic heterocycles. The largest absolute Gasteiger partial charge is 0.394 e. The number of rotatable bonds is 21. The fourth-order valence-corrected chi connectivity index (χ4v) is 4.15. The lowest BCUT2D eigenvalue weighted by Gasteiger charge is -2.27. The zero-order valence-corrected chi connectivity index (χ0v) is 26.4. The van der Waals surface area contributed by atoms with Gasteiger partial charge in [-0.05, 0) is 50.0 Å². The third kappa shape index (κ3) is 15.1. The molecular weight excluding hydrogens is 560 g/mol. The maximum Gasteiger partial charge on any atom is 0.245 e. The number of hydrogen-bond donors (Lipinski definition) is 9. The second kappa shape index (κ2) is 20.6. The van der Waals surface area contributed by atoms with Crippen LogP contribution in [0.25, 0.3) is 0 Å². The number of aliphatic hydroxyl groups excluding tert-OH is 1. The molecule has 0 aliphatic carbocycles. The standard InChI is InChI=1S/C28H54N8O7/c1-7-17(6)23(36-27(42)20(14-37)34-25(40)18(30)12-15(2)3)28(43)32-13-21(38)33-19(10-8-9-11-29)26(41)35-22(16(4)5)24(31)39/h15-20,22-23,37H,7-14,29-30H2,1-6H3,(H2,31,39)(H,32,43)(H,33,38)(H,34,40)(H,35,41)(H,36,42)/t17-,18-,19-,20-,22-,23-/m0/s1. The van der Waals surface area contributed by atoms with Crippen LogP contribution >= 0.6 is 0 Å². The molecule has 248 valence electrons. The summed E-state index contributed by atoms with van der Waals surface area (Å²) in [7, 11) is 0. The van der Waals surface area contributed by atoms with Crippen molar-refractivity contribution >= 4 is 35.4 Å². The SMILES string of the molecule is CC[C@H](C)[C@H](NC(=O)[C@H](CO)NC(=O)[C@@H](N)CC(C)C)C(=O)NCC(=O)N[C@@H](CCCCN)C(=O)N[C@H](C(N)=O)C(C)C. The van der Waals surface area contributed by atoms with Crippen LogP contribution in [-0.4, -0.2) is 90.5 Å². The number of amides is 6. The Morgan fingerprint density at radius 2 is 1.35 bits per heavy atom. The Labute approximate surface area is 254 Å². The summed E-state index contributed by atoms with van der Waals surface area (Å²) in [5.41, 5.74) is 16.8. The fraction of sp³-hybridized carbons (Fsp3) is 0.786. The van der Waals surface area contributed by atoms with Crippen molar-refractivity contribution in [2.24, 2.45) is 35.0 Å². The average Bonchev–Trinajstić information content (AvgIpc) is 2.93. The number of nitrogens with two attached hydrogens (primary N) is 3. The van der Waals surface area contributed by atoms with Crippen molar-refractivity contribution < 1.29 is 33.9 Å². The highest BCUT2D eigenvalue weighted by Gasteiger charge is 2.31. The number of nitrogens with one attached hydrogen (secondary N) is 5. The average molecular weight is 615 g/mol. The monoisotopic (exact) mass is 614 g/mol. The van der Waals surface area contributed by atoms with Crippen LogP contribution in [-0.2, 0) is 28.8 Å². The maximum atomic E-state index is 13.1. The van der Waals surface area contributed by atoms with E-state index in [4.69, 9.17) is 17.2 Å². The Bertz CT molecular complexity index is 931. The molecule has 6 atom stereocenters. The van der Waals surface area contributed by atoms with E-state index in [0.717, 1.165) is 0 Å². The van der Waals surface area contributed by atoms with Gasteiger partial charge in [-0.1, -0.05) is 48.0 Å². The van der Waals surface area contributed by atoms with Gasteiger partial charge in [0.1, 0.15) is 24.2 Å². The summed E-state index contributed by atoms with van der Waals surface area (Å²) in [4.78, 5) is 75.7. The van der Waals surface area contributed by atoms with E-state index in [0.29, 0.717) is 32.2 Å². The van der Waals surface area contributed by atoms with Crippen molar-refractivity contribution in [2.75, 3.05) is 19.7 Å². The lowest BCUT2D eigenvalue weighted by Crippen LogP contribution is -2.59. The minimum Gasteiger partial charge on any atom is -0.394 e. The van der Waals surface area contributed by atoms with E-state index in [1.54, 1.807) is 27.7 Å². The van der Waals surface area contributed by atoms with E-state index in [1.807, 2.05) is 13.8 Å². The van der Waals surface area contributed by atoms with Gasteiger partial charge < -0.3 is 48.9 Å². The molecule has 0 radical (unpaired) electrons. The topological polar surface area (TPSA) is 261 Å². The van der Waals surface area contributed by atoms with Crippen molar-refractivity contribution in [3.63, 3.8) is 0 Å². The van der Waals surface area contributed by atoms with Gasteiger partial charge >= 0.3 is 0 Å². The van der Waals surface area contributed by atoms with Crippen LogP contribution in [0.15, 0.2) is 0 Å². The molecule has 12 N–H and O–H groups in total. The summed E-state index contributed by atoms with van der Waals surface area (Å²) >= 11 is 0. The first kappa shape index (κ1) is 39.7. The van der Waals surface area contributed by atoms with Gasteiger partial charge in [-0.15, -0.1) is 0 Å². The Morgan fingerprint density at radius 1 is 0.767 bits per heavy atom. The van der Waals surface area contributed by atoms with E-state index in [-0.39, 0.29) is 24.2 Å². The third-order valence-corrected chi connectivity index (χ3v) is 6.96. The summed E-state index contributed by atoms with van der Waals surface area (Å²) < 4.78 is 0. The highest BCUT2D eigenvalue weighted by atomic mass is 16.3. The number of aliphatic hydroxyl groups is 1. The van der Waals surface area contributed by atoms with Gasteiger partial charge in [-0.2, -0.15) is 0 Å². The molecule has 0 aromatic carbocycles. The third-order valence-electron chi connectivity index (χ3n) is 6.96. The summed E-state index contributed by atoms with van der Waals surface area (Å²) in [6, 6.07) is -5.23. The van der Waals surface area contributed by atoms with Crippen LogP contribution in [0.3, 0.4) is 0 Å². The van der Waals surface area contributed by atoms with E-state index in [2.05, 4.69) is 26.6 Å². The summed E-state index contributed by atoms with van der Waals surface area (Å²) in [5.74, 6) is -4.54. The molecule has 0 aliphatic rings. The van der Waals surface area contributed by atoms with Crippen molar-refractivity contribution in [3.05, 3.63) is 0 Å². The highest BCUT2D eigenvalue weighted by Crippen LogP contribution is 2.09. The van der Waals surface area contributed by atoms with Gasteiger partial charge in [0.25, 0.3) is 0 Å². The highest BCUT2D eigenvalue weighted by molar-refractivity contribution is 5.95. The Kier molecular flexibility index (Phi) is 19.0. The van der Waals surface area contributed by atoms with Gasteiger partial charge in [0.2, 0.25) is 35.4 Å². The molecular formula is C28H54N8O7. The number of carbonyl (C=O) groups is 6. The molecule has 0 fully saturated rings. The predicted molar refractivity (Wildman–Crippen MR) is 162 cm³/mol. The van der Waals surface area contributed by atoms with Crippen molar-refractivity contribution in [1.82, 2.24) is 26.6 Å². The molecule has 0 heterocycles. The second-order valence-electron chi connectivity index (χ2n) is 11.6. The van der Waals surface area contributed by atoms with E-state index >= 15 is 0 Å².